The second-order valence-corrected chi connectivity index (χ2v) is 11.6. The summed E-state index contributed by atoms with van der Waals surface area (Å²) in [6, 6.07) is 13.9. The number of benzene rings is 2. The minimum atomic E-state index is -3.87. The van der Waals surface area contributed by atoms with E-state index in [9.17, 15) is 13.5 Å². The van der Waals surface area contributed by atoms with E-state index in [0.717, 1.165) is 23.6 Å². The lowest BCUT2D eigenvalue weighted by Gasteiger charge is -2.37. The highest BCUT2D eigenvalue weighted by atomic mass is 32.2. The summed E-state index contributed by atoms with van der Waals surface area (Å²) in [5.74, 6) is 1.00. The van der Waals surface area contributed by atoms with Crippen molar-refractivity contribution in [3.8, 4) is 22.9 Å². The van der Waals surface area contributed by atoms with Gasteiger partial charge >= 0.3 is 0 Å². The third-order valence-corrected chi connectivity index (χ3v) is 8.79. The minimum absolute atomic E-state index is 0.0721. The molecule has 1 heterocycles. The van der Waals surface area contributed by atoms with E-state index in [1.54, 1.807) is 37.3 Å². The molecular weight excluding hydrogens is 450 g/mol. The molecule has 2 aromatic rings. The molecule has 1 saturated carbocycles. The quantitative estimate of drug-likeness (QED) is 0.649. The maximum atomic E-state index is 13.6. The number of rotatable bonds is 7. The Labute approximate surface area is 202 Å². The van der Waals surface area contributed by atoms with Crippen LogP contribution in [0.4, 0.5) is 0 Å². The maximum absolute atomic E-state index is 13.6. The van der Waals surface area contributed by atoms with Gasteiger partial charge in [0.2, 0.25) is 10.0 Å². The Bertz CT molecular complexity index is 1160. The fraction of sp³-hybridized carbons (Fsp3) is 0.500. The van der Waals surface area contributed by atoms with Crippen LogP contribution in [0.15, 0.2) is 47.4 Å². The van der Waals surface area contributed by atoms with E-state index < -0.39 is 16.1 Å². The third-order valence-electron chi connectivity index (χ3n) is 6.77. The first-order valence-corrected chi connectivity index (χ1v) is 13.3. The minimum Gasteiger partial charge on any atom is -0.487 e. The molecule has 182 valence electrons. The van der Waals surface area contributed by atoms with Crippen LogP contribution in [0, 0.1) is 23.2 Å². The molecule has 0 saturated heterocycles. The second kappa shape index (κ2) is 10.0. The predicted octanol–water partition coefficient (Wildman–Crippen LogP) is 3.34. The van der Waals surface area contributed by atoms with Gasteiger partial charge in [0.05, 0.1) is 18.2 Å². The number of hydrogen-bond donors (Lipinski definition) is 1. The first-order chi connectivity index (χ1) is 16.2. The fourth-order valence-corrected chi connectivity index (χ4v) is 6.31. The average molecular weight is 484 g/mol. The highest BCUT2D eigenvalue weighted by molar-refractivity contribution is 7.89. The molecule has 1 aliphatic carbocycles. The van der Waals surface area contributed by atoms with Crippen LogP contribution in [-0.4, -0.2) is 68.2 Å². The number of likely N-dealkylation sites (N-methyl/N-ethyl adjacent to an activating group) is 1. The Balaban J connectivity index is 1.74. The van der Waals surface area contributed by atoms with E-state index in [1.807, 2.05) is 19.1 Å². The van der Waals surface area contributed by atoms with E-state index >= 15 is 0 Å². The summed E-state index contributed by atoms with van der Waals surface area (Å²) in [7, 11) is -1.78. The van der Waals surface area contributed by atoms with Crippen molar-refractivity contribution in [2.24, 2.45) is 11.8 Å². The Morgan fingerprint density at radius 2 is 1.85 bits per heavy atom. The summed E-state index contributed by atoms with van der Waals surface area (Å²) in [5.41, 5.74) is 2.26. The lowest BCUT2D eigenvalue weighted by Crippen LogP contribution is -2.49. The van der Waals surface area contributed by atoms with Gasteiger partial charge in [-0.15, -0.1) is 0 Å². The Hall–Kier alpha value is -2.44. The van der Waals surface area contributed by atoms with Gasteiger partial charge in [0.15, 0.2) is 0 Å². The molecule has 0 bridgehead atoms. The number of aliphatic hydroxyl groups is 1. The molecule has 0 aromatic heterocycles. The highest BCUT2D eigenvalue weighted by Crippen LogP contribution is 2.37. The topological polar surface area (TPSA) is 93.9 Å². The fourth-order valence-electron chi connectivity index (χ4n) is 4.48. The van der Waals surface area contributed by atoms with Crippen molar-refractivity contribution >= 4 is 10.0 Å². The van der Waals surface area contributed by atoms with Crippen LogP contribution in [0.25, 0.3) is 11.1 Å². The van der Waals surface area contributed by atoms with Crippen molar-refractivity contribution in [1.82, 2.24) is 9.21 Å². The first kappa shape index (κ1) is 24.7. The number of sulfonamides is 1. The highest BCUT2D eigenvalue weighted by Gasteiger charge is 2.38. The lowest BCUT2D eigenvalue weighted by atomic mass is 10.0. The van der Waals surface area contributed by atoms with Crippen molar-refractivity contribution in [1.29, 1.82) is 5.26 Å². The molecule has 7 nitrogen and oxygen atoms in total. The SMILES string of the molecule is C[C@@H]1CN([C@H](C)CO)S(=O)(=O)c2ccc(-c3ccc(C#N)cc3)cc2O[C@@H]1CN(C)CC1CC1. The average Bonchev–Trinajstić information content (AvgIpc) is 3.64. The standard InChI is InChI=1S/C26H33N3O4S/c1-18-14-29(19(2)17-30)34(31,32)26-11-10-23(22-8-6-20(13-27)7-9-22)12-24(26)33-25(18)16-28(3)15-21-4-5-21/h6-12,18-19,21,25,30H,4-5,14-17H2,1-3H3/t18-,19-,25-/m1/s1. The van der Waals surface area contributed by atoms with Crippen LogP contribution in [0.1, 0.15) is 32.3 Å². The van der Waals surface area contributed by atoms with Gasteiger partial charge in [-0.05, 0) is 68.1 Å². The van der Waals surface area contributed by atoms with E-state index in [2.05, 4.69) is 18.0 Å². The first-order valence-electron chi connectivity index (χ1n) is 11.9. The summed E-state index contributed by atoms with van der Waals surface area (Å²) in [6.07, 6.45) is 2.33. The lowest BCUT2D eigenvalue weighted by molar-refractivity contribution is 0.0741. The van der Waals surface area contributed by atoms with Gasteiger partial charge in [0.1, 0.15) is 16.7 Å². The number of fused-ring (bicyclic) bond motifs is 1. The summed E-state index contributed by atoms with van der Waals surface area (Å²) >= 11 is 0. The van der Waals surface area contributed by atoms with Gasteiger partial charge in [-0.3, -0.25) is 0 Å². The summed E-state index contributed by atoms with van der Waals surface area (Å²) in [4.78, 5) is 2.39. The Morgan fingerprint density at radius 1 is 1.18 bits per heavy atom. The molecule has 1 N–H and O–H groups in total. The van der Waals surface area contributed by atoms with Crippen molar-refractivity contribution < 1.29 is 18.3 Å². The van der Waals surface area contributed by atoms with Gasteiger partial charge in [-0.2, -0.15) is 9.57 Å². The van der Waals surface area contributed by atoms with Gasteiger partial charge < -0.3 is 14.7 Å². The van der Waals surface area contributed by atoms with Crippen LogP contribution < -0.4 is 4.74 Å². The molecule has 2 aromatic carbocycles. The van der Waals surface area contributed by atoms with E-state index in [-0.39, 0.29) is 30.1 Å². The molecule has 8 heteroatoms. The maximum Gasteiger partial charge on any atom is 0.247 e. The third kappa shape index (κ3) is 5.28. The summed E-state index contributed by atoms with van der Waals surface area (Å²) in [6.45, 7) is 5.48. The molecule has 4 rings (SSSR count). The largest absolute Gasteiger partial charge is 0.487 e. The molecule has 3 atom stereocenters. The van der Waals surface area contributed by atoms with Crippen molar-refractivity contribution in [3.63, 3.8) is 0 Å². The molecule has 0 radical (unpaired) electrons. The zero-order valence-corrected chi connectivity index (χ0v) is 20.8. The second-order valence-electron chi connectivity index (χ2n) is 9.76. The van der Waals surface area contributed by atoms with Crippen molar-refractivity contribution in [2.45, 2.75) is 43.7 Å². The smallest absolute Gasteiger partial charge is 0.247 e. The van der Waals surface area contributed by atoms with Crippen LogP contribution in [0.5, 0.6) is 5.75 Å². The zero-order chi connectivity index (χ0) is 24.5. The Morgan fingerprint density at radius 3 is 2.47 bits per heavy atom. The molecule has 0 spiro atoms. The Kier molecular flexibility index (Phi) is 7.29. The molecular formula is C26H33N3O4S. The normalized spacial score (nSPS) is 23.3. The van der Waals surface area contributed by atoms with Crippen LogP contribution in [-0.2, 0) is 10.0 Å². The zero-order valence-electron chi connectivity index (χ0n) is 20.0. The number of nitrogens with zero attached hydrogens (tertiary/aromatic N) is 3. The van der Waals surface area contributed by atoms with E-state index in [1.165, 1.54) is 17.1 Å². The van der Waals surface area contributed by atoms with Gasteiger partial charge in [-0.1, -0.05) is 25.1 Å². The number of hydrogen-bond acceptors (Lipinski definition) is 6. The van der Waals surface area contributed by atoms with E-state index in [0.29, 0.717) is 17.9 Å². The molecule has 2 aliphatic rings. The monoisotopic (exact) mass is 483 g/mol. The molecule has 1 fully saturated rings. The predicted molar refractivity (Wildman–Crippen MR) is 131 cm³/mol. The van der Waals surface area contributed by atoms with Crippen LogP contribution in [0.2, 0.25) is 0 Å². The number of aliphatic hydroxyl groups excluding tert-OH is 1. The molecule has 34 heavy (non-hydrogen) atoms. The number of ether oxygens (including phenoxy) is 1. The van der Waals surface area contributed by atoms with Gasteiger partial charge in [0, 0.05) is 31.6 Å². The van der Waals surface area contributed by atoms with Gasteiger partial charge in [0.25, 0.3) is 0 Å². The summed E-state index contributed by atoms with van der Waals surface area (Å²) in [5, 5.41) is 18.9. The number of nitriles is 1. The van der Waals surface area contributed by atoms with Crippen LogP contribution in [0.3, 0.4) is 0 Å². The van der Waals surface area contributed by atoms with Crippen molar-refractivity contribution in [2.75, 3.05) is 33.3 Å². The van der Waals surface area contributed by atoms with E-state index in [4.69, 9.17) is 10.00 Å². The van der Waals surface area contributed by atoms with Crippen LogP contribution >= 0.6 is 0 Å². The van der Waals surface area contributed by atoms with Gasteiger partial charge in [-0.25, -0.2) is 8.42 Å². The van der Waals surface area contributed by atoms with Crippen molar-refractivity contribution in [3.05, 3.63) is 48.0 Å². The summed E-state index contributed by atoms with van der Waals surface area (Å²) < 4.78 is 35.1. The molecule has 0 unspecified atom stereocenters. The molecule has 1 aliphatic heterocycles. The molecule has 0 amide bonds.